The van der Waals surface area contributed by atoms with Crippen molar-refractivity contribution < 1.29 is 10.2 Å². The third-order valence-electron chi connectivity index (χ3n) is 1.63. The van der Waals surface area contributed by atoms with Crippen molar-refractivity contribution in [3.05, 3.63) is 42.0 Å². The van der Waals surface area contributed by atoms with Crippen LogP contribution in [0, 0.1) is 0 Å². The molecule has 2 N–H and O–H groups in total. The first kappa shape index (κ1) is 8.97. The smallest absolute Gasteiger partial charge is 0.171 e. The first-order valence-corrected chi connectivity index (χ1v) is 3.80. The van der Waals surface area contributed by atoms with Gasteiger partial charge in [-0.15, -0.1) is 0 Å². The van der Waals surface area contributed by atoms with E-state index in [1.54, 1.807) is 0 Å². The van der Waals surface area contributed by atoms with Crippen LogP contribution in [0.5, 0.6) is 0 Å². The number of aliphatic hydroxyl groups excluding tert-OH is 1. The highest BCUT2D eigenvalue weighted by atomic mass is 16.5. The normalized spacial score (nSPS) is 12.2. The molecule has 0 unspecified atom stereocenters. The van der Waals surface area contributed by atoms with Crippen molar-refractivity contribution in [2.24, 2.45) is 0 Å². The van der Waals surface area contributed by atoms with Crippen molar-refractivity contribution in [1.82, 2.24) is 0 Å². The molecule has 0 aliphatic carbocycles. The van der Waals surface area contributed by atoms with E-state index in [1.807, 2.05) is 37.3 Å². The summed E-state index contributed by atoms with van der Waals surface area (Å²) in [6, 6.07) is 9.60. The van der Waals surface area contributed by atoms with Crippen molar-refractivity contribution in [2.75, 3.05) is 0 Å². The van der Waals surface area contributed by atoms with E-state index >= 15 is 0 Å². The molecule has 0 radical (unpaired) electrons. The third kappa shape index (κ3) is 2.49. The molecule has 0 saturated heterocycles. The van der Waals surface area contributed by atoms with Gasteiger partial charge in [0.15, 0.2) is 6.29 Å². The van der Waals surface area contributed by atoms with Crippen molar-refractivity contribution in [2.45, 2.75) is 13.2 Å². The lowest BCUT2D eigenvalue weighted by Gasteiger charge is -2.01. The fourth-order valence-corrected chi connectivity index (χ4v) is 1.02. The van der Waals surface area contributed by atoms with Crippen molar-refractivity contribution in [3.8, 4) is 0 Å². The lowest BCUT2D eigenvalue weighted by atomic mass is 10.1. The molecular weight excluding hydrogens is 152 g/mol. The lowest BCUT2D eigenvalue weighted by Crippen LogP contribution is -1.99. The van der Waals surface area contributed by atoms with Crippen LogP contribution in [0.2, 0.25) is 0 Å². The fraction of sp³-hybridized carbons (Fsp3) is 0.200. The van der Waals surface area contributed by atoms with E-state index in [1.165, 1.54) is 6.08 Å². The summed E-state index contributed by atoms with van der Waals surface area (Å²) in [4.78, 5) is 0. The zero-order valence-electron chi connectivity index (χ0n) is 6.94. The minimum Gasteiger partial charge on any atom is -0.365 e. The Kier molecular flexibility index (Phi) is 3.02. The van der Waals surface area contributed by atoms with E-state index in [4.69, 9.17) is 10.2 Å². The quantitative estimate of drug-likeness (QED) is 0.649. The van der Waals surface area contributed by atoms with Crippen LogP contribution in [0.3, 0.4) is 0 Å². The Morgan fingerprint density at radius 1 is 1.25 bits per heavy atom. The molecular formula is C10H12O2. The summed E-state index contributed by atoms with van der Waals surface area (Å²) >= 11 is 0. The minimum absolute atomic E-state index is 0.866. The molecule has 0 aliphatic heterocycles. The molecule has 1 rings (SSSR count). The third-order valence-corrected chi connectivity index (χ3v) is 1.63. The largest absolute Gasteiger partial charge is 0.365 e. The second-order valence-corrected chi connectivity index (χ2v) is 2.63. The van der Waals surface area contributed by atoms with Gasteiger partial charge < -0.3 is 10.2 Å². The fourth-order valence-electron chi connectivity index (χ4n) is 1.02. The monoisotopic (exact) mass is 164 g/mol. The maximum Gasteiger partial charge on any atom is 0.171 e. The Balaban J connectivity index is 2.85. The first-order valence-electron chi connectivity index (χ1n) is 3.80. The summed E-state index contributed by atoms with van der Waals surface area (Å²) in [6.45, 7) is 1.84. The molecule has 0 fully saturated rings. The summed E-state index contributed by atoms with van der Waals surface area (Å²) in [5, 5.41) is 17.3. The highest BCUT2D eigenvalue weighted by Crippen LogP contribution is 2.12. The van der Waals surface area contributed by atoms with Crippen LogP contribution in [-0.4, -0.2) is 16.5 Å². The van der Waals surface area contributed by atoms with Gasteiger partial charge in [-0.25, -0.2) is 0 Å². The Morgan fingerprint density at radius 3 is 2.33 bits per heavy atom. The van der Waals surface area contributed by atoms with Gasteiger partial charge in [-0.1, -0.05) is 30.3 Å². The van der Waals surface area contributed by atoms with Crippen molar-refractivity contribution in [3.63, 3.8) is 0 Å². The number of rotatable bonds is 2. The van der Waals surface area contributed by atoms with Gasteiger partial charge in [0, 0.05) is 0 Å². The summed E-state index contributed by atoms with van der Waals surface area (Å²) in [6.07, 6.45) is 0.0280. The van der Waals surface area contributed by atoms with E-state index in [0.29, 0.717) is 0 Å². The summed E-state index contributed by atoms with van der Waals surface area (Å²) in [5.41, 5.74) is 1.87. The van der Waals surface area contributed by atoms with E-state index in [9.17, 15) is 0 Å². The average Bonchev–Trinajstić information content (AvgIpc) is 2.05. The van der Waals surface area contributed by atoms with Crippen LogP contribution in [0.15, 0.2) is 36.4 Å². The summed E-state index contributed by atoms with van der Waals surface area (Å²) in [5.74, 6) is 0. The molecule has 0 aromatic heterocycles. The molecule has 12 heavy (non-hydrogen) atoms. The Labute approximate surface area is 71.8 Å². The van der Waals surface area contributed by atoms with Crippen LogP contribution in [0.1, 0.15) is 12.5 Å². The Morgan fingerprint density at radius 2 is 1.83 bits per heavy atom. The zero-order valence-corrected chi connectivity index (χ0v) is 6.94. The summed E-state index contributed by atoms with van der Waals surface area (Å²) < 4.78 is 0. The maximum atomic E-state index is 8.66. The standard InChI is InChI=1S/C10H12O2/c1-8(7-10(11)12)9-5-3-2-4-6-9/h2-7,10-12H,1H3/b8-7+. The molecule has 2 nitrogen and oxygen atoms in total. The SMILES string of the molecule is C/C(=C\C(O)O)c1ccccc1. The highest BCUT2D eigenvalue weighted by Gasteiger charge is 1.96. The minimum atomic E-state index is -1.37. The van der Waals surface area contributed by atoms with Gasteiger partial charge in [0.2, 0.25) is 0 Å². The number of allylic oxidation sites excluding steroid dienone is 1. The highest BCUT2D eigenvalue weighted by molar-refractivity contribution is 5.63. The Bertz CT molecular complexity index is 262. The van der Waals surface area contributed by atoms with Crippen molar-refractivity contribution >= 4 is 5.57 Å². The van der Waals surface area contributed by atoms with Gasteiger partial charge in [-0.3, -0.25) is 0 Å². The number of aliphatic hydroxyl groups is 2. The molecule has 0 spiro atoms. The zero-order chi connectivity index (χ0) is 8.97. The molecule has 0 heterocycles. The van der Waals surface area contributed by atoms with E-state index in [0.717, 1.165) is 11.1 Å². The van der Waals surface area contributed by atoms with Crippen LogP contribution in [0.25, 0.3) is 5.57 Å². The van der Waals surface area contributed by atoms with Crippen LogP contribution in [-0.2, 0) is 0 Å². The van der Waals surface area contributed by atoms with Gasteiger partial charge in [0.1, 0.15) is 0 Å². The predicted octanol–water partition coefficient (Wildman–Crippen LogP) is 1.40. The number of hydrogen-bond acceptors (Lipinski definition) is 2. The average molecular weight is 164 g/mol. The molecule has 0 amide bonds. The second-order valence-electron chi connectivity index (χ2n) is 2.63. The topological polar surface area (TPSA) is 40.5 Å². The molecule has 2 heteroatoms. The maximum absolute atomic E-state index is 8.66. The van der Waals surface area contributed by atoms with Gasteiger partial charge >= 0.3 is 0 Å². The molecule has 1 aromatic carbocycles. The lowest BCUT2D eigenvalue weighted by molar-refractivity contribution is 0.00275. The molecule has 64 valence electrons. The summed E-state index contributed by atoms with van der Waals surface area (Å²) in [7, 11) is 0. The van der Waals surface area contributed by atoms with E-state index in [-0.39, 0.29) is 0 Å². The molecule has 1 aromatic rings. The Hall–Kier alpha value is -1.12. The number of hydrogen-bond donors (Lipinski definition) is 2. The first-order chi connectivity index (χ1) is 5.70. The molecule has 0 saturated carbocycles. The van der Waals surface area contributed by atoms with E-state index < -0.39 is 6.29 Å². The molecule has 0 atom stereocenters. The van der Waals surface area contributed by atoms with Gasteiger partial charge in [0.25, 0.3) is 0 Å². The van der Waals surface area contributed by atoms with Gasteiger partial charge in [-0.2, -0.15) is 0 Å². The number of benzene rings is 1. The molecule has 0 bridgehead atoms. The van der Waals surface area contributed by atoms with Crippen molar-refractivity contribution in [1.29, 1.82) is 0 Å². The predicted molar refractivity (Wildman–Crippen MR) is 48.3 cm³/mol. The van der Waals surface area contributed by atoms with Crippen LogP contribution in [0.4, 0.5) is 0 Å². The van der Waals surface area contributed by atoms with E-state index in [2.05, 4.69) is 0 Å². The van der Waals surface area contributed by atoms with Gasteiger partial charge in [-0.05, 0) is 24.1 Å². The van der Waals surface area contributed by atoms with Gasteiger partial charge in [0.05, 0.1) is 0 Å². The second kappa shape index (κ2) is 4.04. The van der Waals surface area contributed by atoms with Crippen LogP contribution < -0.4 is 0 Å². The molecule has 0 aliphatic rings. The van der Waals surface area contributed by atoms with Crippen LogP contribution >= 0.6 is 0 Å².